The van der Waals surface area contributed by atoms with Crippen LogP contribution < -0.4 is 16.4 Å². The molecule has 7 heteroatoms. The summed E-state index contributed by atoms with van der Waals surface area (Å²) >= 11 is 0. The Morgan fingerprint density at radius 2 is 2.07 bits per heavy atom. The Morgan fingerprint density at radius 1 is 1.30 bits per heavy atom. The maximum Gasteiger partial charge on any atom is 0.248 e. The number of rotatable bonds is 6. The molecule has 1 amide bonds. The zero-order chi connectivity index (χ0) is 18.4. The number of likely N-dealkylation sites (tertiary alicyclic amines) is 1. The van der Waals surface area contributed by atoms with Crippen molar-refractivity contribution >= 4 is 35.8 Å². The van der Waals surface area contributed by atoms with Crippen LogP contribution in [0.2, 0.25) is 0 Å². The predicted molar refractivity (Wildman–Crippen MR) is 121 cm³/mol. The smallest absolute Gasteiger partial charge is 0.248 e. The third kappa shape index (κ3) is 6.34. The highest BCUT2D eigenvalue weighted by molar-refractivity contribution is 14.0. The fourth-order valence-corrected chi connectivity index (χ4v) is 4.01. The summed E-state index contributed by atoms with van der Waals surface area (Å²) in [5.74, 6) is 0.439. The van der Waals surface area contributed by atoms with Crippen LogP contribution in [0.4, 0.5) is 0 Å². The number of guanidine groups is 1. The van der Waals surface area contributed by atoms with Gasteiger partial charge in [-0.25, -0.2) is 4.99 Å². The van der Waals surface area contributed by atoms with Gasteiger partial charge in [-0.1, -0.05) is 25.0 Å². The molecular formula is C20H32IN5O. The second-order valence-electron chi connectivity index (χ2n) is 7.32. The van der Waals surface area contributed by atoms with Crippen molar-refractivity contribution in [2.24, 2.45) is 10.7 Å². The van der Waals surface area contributed by atoms with E-state index in [1.165, 1.54) is 32.2 Å². The summed E-state index contributed by atoms with van der Waals surface area (Å²) in [4.78, 5) is 18.7. The molecule has 1 atom stereocenters. The van der Waals surface area contributed by atoms with E-state index in [4.69, 9.17) is 10.7 Å². The van der Waals surface area contributed by atoms with Crippen LogP contribution in [0, 0.1) is 0 Å². The van der Waals surface area contributed by atoms with Crippen molar-refractivity contribution in [3.63, 3.8) is 0 Å². The topological polar surface area (TPSA) is 82.7 Å². The summed E-state index contributed by atoms with van der Waals surface area (Å²) < 4.78 is 0. The van der Waals surface area contributed by atoms with Crippen LogP contribution in [0.5, 0.6) is 0 Å². The van der Waals surface area contributed by atoms with E-state index in [9.17, 15) is 4.79 Å². The van der Waals surface area contributed by atoms with Crippen molar-refractivity contribution < 1.29 is 4.79 Å². The lowest BCUT2D eigenvalue weighted by Crippen LogP contribution is -2.45. The van der Waals surface area contributed by atoms with E-state index in [0.717, 1.165) is 37.1 Å². The molecule has 0 spiro atoms. The number of hydrogen-bond donors (Lipinski definition) is 3. The number of nitrogens with one attached hydrogen (secondary N) is 2. The first-order valence-electron chi connectivity index (χ1n) is 9.83. The van der Waals surface area contributed by atoms with Crippen LogP contribution in [0.1, 0.15) is 54.9 Å². The molecule has 4 N–H and O–H groups in total. The maximum atomic E-state index is 11.3. The minimum atomic E-state index is -0.404. The van der Waals surface area contributed by atoms with Crippen LogP contribution in [0.15, 0.2) is 29.3 Å². The minimum absolute atomic E-state index is 0. The summed E-state index contributed by atoms with van der Waals surface area (Å²) in [6, 6.07) is 8.60. The van der Waals surface area contributed by atoms with Crippen molar-refractivity contribution in [1.29, 1.82) is 0 Å². The zero-order valence-electron chi connectivity index (χ0n) is 16.1. The van der Waals surface area contributed by atoms with Gasteiger partial charge in [-0.2, -0.15) is 0 Å². The molecule has 1 aliphatic carbocycles. The molecule has 1 saturated carbocycles. The molecule has 0 radical (unpaired) electrons. The van der Waals surface area contributed by atoms with Crippen molar-refractivity contribution in [3.8, 4) is 0 Å². The molecule has 2 aliphatic rings. The summed E-state index contributed by atoms with van der Waals surface area (Å²) in [6.07, 6.45) is 6.65. The Hall–Kier alpha value is -1.35. The van der Waals surface area contributed by atoms with Gasteiger partial charge in [0.1, 0.15) is 0 Å². The van der Waals surface area contributed by atoms with Crippen molar-refractivity contribution in [2.45, 2.75) is 57.7 Å². The highest BCUT2D eigenvalue weighted by atomic mass is 127. The van der Waals surface area contributed by atoms with Crippen molar-refractivity contribution in [2.75, 3.05) is 19.6 Å². The number of nitrogens with zero attached hydrogens (tertiary/aromatic N) is 2. The van der Waals surface area contributed by atoms with Gasteiger partial charge in [-0.3, -0.25) is 9.69 Å². The quantitative estimate of drug-likeness (QED) is 0.329. The monoisotopic (exact) mass is 485 g/mol. The number of carbonyl (C=O) groups is 1. The standard InChI is InChI=1S/C20H31N5O.HI/c1-2-22-20(23-13-15-6-5-7-16(12-15)19(21)26)24-17-10-11-25(14-17)18-8-3-4-9-18;/h5-7,12,17-18H,2-4,8-11,13-14H2,1H3,(H2,21,26)(H2,22,23,24);1H. The number of primary amides is 1. The Balaban J connectivity index is 0.00000261. The number of amides is 1. The molecule has 1 aliphatic heterocycles. The van der Waals surface area contributed by atoms with Gasteiger partial charge in [0.15, 0.2) is 5.96 Å². The zero-order valence-corrected chi connectivity index (χ0v) is 18.4. The Morgan fingerprint density at radius 3 is 2.78 bits per heavy atom. The molecule has 2 fully saturated rings. The lowest BCUT2D eigenvalue weighted by Gasteiger charge is -2.24. The number of aliphatic imine (C=N–C) groups is 1. The van der Waals surface area contributed by atoms with Crippen LogP contribution in [-0.2, 0) is 6.54 Å². The average molecular weight is 485 g/mol. The molecular weight excluding hydrogens is 453 g/mol. The Labute approximate surface area is 179 Å². The first-order chi connectivity index (χ1) is 12.7. The highest BCUT2D eigenvalue weighted by Crippen LogP contribution is 2.26. The molecule has 27 heavy (non-hydrogen) atoms. The molecule has 6 nitrogen and oxygen atoms in total. The number of carbonyl (C=O) groups excluding carboxylic acids is 1. The third-order valence-corrected chi connectivity index (χ3v) is 5.38. The second kappa shape index (κ2) is 10.8. The van der Waals surface area contributed by atoms with Gasteiger partial charge in [0.05, 0.1) is 6.54 Å². The average Bonchev–Trinajstić information content (AvgIpc) is 3.31. The first-order valence-corrected chi connectivity index (χ1v) is 9.83. The van der Waals surface area contributed by atoms with E-state index in [1.54, 1.807) is 6.07 Å². The first kappa shape index (κ1) is 21.9. The van der Waals surface area contributed by atoms with Gasteiger partial charge in [-0.15, -0.1) is 24.0 Å². The Kier molecular flexibility index (Phi) is 8.82. The molecule has 1 heterocycles. The number of nitrogens with two attached hydrogens (primary N) is 1. The second-order valence-corrected chi connectivity index (χ2v) is 7.32. The van der Waals surface area contributed by atoms with Gasteiger partial charge >= 0.3 is 0 Å². The SMILES string of the molecule is CCNC(=NCc1cccc(C(N)=O)c1)NC1CCN(C2CCCC2)C1.I. The van der Waals surface area contributed by atoms with Crippen molar-refractivity contribution in [1.82, 2.24) is 15.5 Å². The lowest BCUT2D eigenvalue weighted by molar-refractivity contribution is 0.1000. The van der Waals surface area contributed by atoms with Crippen LogP contribution in [-0.4, -0.2) is 48.5 Å². The molecule has 150 valence electrons. The number of benzene rings is 1. The molecule has 3 rings (SSSR count). The van der Waals surface area contributed by atoms with Crippen LogP contribution in [0.3, 0.4) is 0 Å². The van der Waals surface area contributed by atoms with E-state index in [-0.39, 0.29) is 24.0 Å². The summed E-state index contributed by atoms with van der Waals surface area (Å²) in [5.41, 5.74) is 6.87. The van der Waals surface area contributed by atoms with Crippen LogP contribution >= 0.6 is 24.0 Å². The minimum Gasteiger partial charge on any atom is -0.366 e. The summed E-state index contributed by atoms with van der Waals surface area (Å²) in [6.45, 7) is 5.71. The normalized spacial score (nSPS) is 21.1. The summed E-state index contributed by atoms with van der Waals surface area (Å²) in [5, 5.41) is 6.91. The van der Waals surface area contributed by atoms with Crippen LogP contribution in [0.25, 0.3) is 0 Å². The lowest BCUT2D eigenvalue weighted by atomic mass is 10.1. The highest BCUT2D eigenvalue weighted by Gasteiger charge is 2.30. The molecule has 1 saturated heterocycles. The number of hydrogen-bond acceptors (Lipinski definition) is 3. The molecule has 1 aromatic rings. The molecule has 1 unspecified atom stereocenters. The predicted octanol–water partition coefficient (Wildman–Crippen LogP) is 2.48. The van der Waals surface area contributed by atoms with E-state index in [0.29, 0.717) is 18.2 Å². The molecule has 0 bridgehead atoms. The van der Waals surface area contributed by atoms with E-state index < -0.39 is 5.91 Å². The fraction of sp³-hybridized carbons (Fsp3) is 0.600. The fourth-order valence-electron chi connectivity index (χ4n) is 4.01. The van der Waals surface area contributed by atoms with Gasteiger partial charge < -0.3 is 16.4 Å². The molecule has 0 aromatic heterocycles. The molecule has 1 aromatic carbocycles. The van der Waals surface area contributed by atoms with Gasteiger partial charge in [0.25, 0.3) is 0 Å². The van der Waals surface area contributed by atoms with Crippen molar-refractivity contribution in [3.05, 3.63) is 35.4 Å². The van der Waals surface area contributed by atoms with E-state index in [1.807, 2.05) is 18.2 Å². The van der Waals surface area contributed by atoms with E-state index >= 15 is 0 Å². The summed E-state index contributed by atoms with van der Waals surface area (Å²) in [7, 11) is 0. The Bertz CT molecular complexity index is 645. The van der Waals surface area contributed by atoms with Gasteiger partial charge in [0, 0.05) is 37.3 Å². The largest absolute Gasteiger partial charge is 0.366 e. The third-order valence-electron chi connectivity index (χ3n) is 5.38. The van der Waals surface area contributed by atoms with E-state index in [2.05, 4.69) is 22.5 Å². The number of halogens is 1. The maximum absolute atomic E-state index is 11.3. The van der Waals surface area contributed by atoms with Gasteiger partial charge in [-0.05, 0) is 43.9 Å². The van der Waals surface area contributed by atoms with Gasteiger partial charge in [0.2, 0.25) is 5.91 Å².